The number of amides is 1. The molecule has 1 amide bonds. The topological polar surface area (TPSA) is 67.3 Å². The predicted molar refractivity (Wildman–Crippen MR) is 112 cm³/mol. The number of ether oxygens (including phenoxy) is 1. The molecule has 2 heterocycles. The Morgan fingerprint density at radius 1 is 1.13 bits per heavy atom. The van der Waals surface area contributed by atoms with Crippen molar-refractivity contribution in [3.05, 3.63) is 18.1 Å². The molecule has 1 N–H and O–H groups in total. The fourth-order valence-electron chi connectivity index (χ4n) is 4.66. The summed E-state index contributed by atoms with van der Waals surface area (Å²) in [5.74, 6) is 1.28. The van der Waals surface area contributed by atoms with Gasteiger partial charge in [0.1, 0.15) is 11.4 Å². The number of alkyl carbamates (subject to hydrolysis) is 1. The van der Waals surface area contributed by atoms with Gasteiger partial charge in [-0.1, -0.05) is 12.8 Å². The summed E-state index contributed by atoms with van der Waals surface area (Å²) >= 11 is 0. The number of nitrogens with one attached hydrogen (secondary N) is 1. The quantitative estimate of drug-likeness (QED) is 0.696. The average Bonchev–Trinajstić information content (AvgIpc) is 2.68. The van der Waals surface area contributed by atoms with Gasteiger partial charge in [0.15, 0.2) is 5.69 Å². The van der Waals surface area contributed by atoms with E-state index in [2.05, 4.69) is 15.3 Å². The molecule has 0 bridgehead atoms. The molecule has 6 nitrogen and oxygen atoms in total. The zero-order chi connectivity index (χ0) is 22.6. The third-order valence-corrected chi connectivity index (χ3v) is 6.02. The summed E-state index contributed by atoms with van der Waals surface area (Å²) in [6, 6.07) is 0.102. The molecule has 2 fully saturated rings. The molecule has 2 aliphatic rings. The van der Waals surface area contributed by atoms with Gasteiger partial charge >= 0.3 is 12.3 Å². The first-order valence-electron chi connectivity index (χ1n) is 11.1. The Morgan fingerprint density at radius 3 is 2.52 bits per heavy atom. The molecule has 1 saturated carbocycles. The van der Waals surface area contributed by atoms with Crippen LogP contribution in [0.15, 0.2) is 12.4 Å². The second-order valence-electron chi connectivity index (χ2n) is 9.74. The molecule has 31 heavy (non-hydrogen) atoms. The maximum atomic E-state index is 12.7. The minimum atomic E-state index is -4.48. The molecular weight excluding hydrogens is 409 g/mol. The Hall–Kier alpha value is -2.06. The van der Waals surface area contributed by atoms with E-state index in [1.807, 2.05) is 25.7 Å². The number of halogens is 3. The van der Waals surface area contributed by atoms with Crippen LogP contribution in [0.4, 0.5) is 23.8 Å². The summed E-state index contributed by atoms with van der Waals surface area (Å²) in [6.45, 7) is 7.07. The monoisotopic (exact) mass is 442 g/mol. The van der Waals surface area contributed by atoms with Crippen molar-refractivity contribution in [1.82, 2.24) is 15.3 Å². The molecule has 1 unspecified atom stereocenters. The van der Waals surface area contributed by atoms with Gasteiger partial charge in [0.25, 0.3) is 0 Å². The first-order valence-corrected chi connectivity index (χ1v) is 11.1. The van der Waals surface area contributed by atoms with E-state index in [4.69, 9.17) is 4.74 Å². The minimum absolute atomic E-state index is 0.102. The normalized spacial score (nSPS) is 25.2. The molecule has 3 rings (SSSR count). The third-order valence-electron chi connectivity index (χ3n) is 6.02. The van der Waals surface area contributed by atoms with Gasteiger partial charge in [-0.25, -0.2) is 14.8 Å². The summed E-state index contributed by atoms with van der Waals surface area (Å²) in [5.41, 5.74) is -1.50. The van der Waals surface area contributed by atoms with Gasteiger partial charge in [-0.3, -0.25) is 0 Å². The van der Waals surface area contributed by atoms with Gasteiger partial charge < -0.3 is 15.0 Å². The van der Waals surface area contributed by atoms with Gasteiger partial charge in [0.05, 0.1) is 12.4 Å². The van der Waals surface area contributed by atoms with Gasteiger partial charge in [0, 0.05) is 19.1 Å². The van der Waals surface area contributed by atoms with Crippen LogP contribution in [0.25, 0.3) is 0 Å². The zero-order valence-corrected chi connectivity index (χ0v) is 18.5. The molecule has 0 radical (unpaired) electrons. The molecule has 0 aromatic carbocycles. The molecular formula is C22H33F3N4O2. The lowest BCUT2D eigenvalue weighted by molar-refractivity contribution is -0.141. The van der Waals surface area contributed by atoms with Crippen molar-refractivity contribution in [2.45, 2.75) is 83.5 Å². The largest absolute Gasteiger partial charge is 0.444 e. The Morgan fingerprint density at radius 2 is 1.87 bits per heavy atom. The lowest BCUT2D eigenvalue weighted by Gasteiger charge is -2.38. The molecule has 1 aliphatic carbocycles. The van der Waals surface area contributed by atoms with Crippen LogP contribution >= 0.6 is 0 Å². The first kappa shape index (κ1) is 23.6. The Kier molecular flexibility index (Phi) is 7.31. The van der Waals surface area contributed by atoms with E-state index in [9.17, 15) is 18.0 Å². The minimum Gasteiger partial charge on any atom is -0.444 e. The van der Waals surface area contributed by atoms with Gasteiger partial charge in [-0.15, -0.1) is 0 Å². The van der Waals surface area contributed by atoms with Crippen LogP contribution in [-0.2, 0) is 10.9 Å². The summed E-state index contributed by atoms with van der Waals surface area (Å²) in [6.07, 6.45) is 4.45. The van der Waals surface area contributed by atoms with E-state index in [1.54, 1.807) is 0 Å². The number of nitrogens with zero attached hydrogens (tertiary/aromatic N) is 3. The highest BCUT2D eigenvalue weighted by Crippen LogP contribution is 2.34. The van der Waals surface area contributed by atoms with E-state index in [-0.39, 0.29) is 12.1 Å². The Bertz CT molecular complexity index is 734. The summed E-state index contributed by atoms with van der Waals surface area (Å²) in [4.78, 5) is 21.8. The maximum Gasteiger partial charge on any atom is 0.434 e. The van der Waals surface area contributed by atoms with Gasteiger partial charge in [-0.2, -0.15) is 13.2 Å². The van der Waals surface area contributed by atoms with Crippen LogP contribution in [0.1, 0.15) is 71.4 Å². The number of hydrogen-bond donors (Lipinski definition) is 1. The van der Waals surface area contributed by atoms with Crippen molar-refractivity contribution < 1.29 is 22.7 Å². The second kappa shape index (κ2) is 9.61. The molecule has 0 spiro atoms. The second-order valence-corrected chi connectivity index (χ2v) is 9.74. The number of carbonyl (C=O) groups excluding carboxylic acids is 1. The number of alkyl halides is 3. The number of hydrogen-bond acceptors (Lipinski definition) is 5. The van der Waals surface area contributed by atoms with Crippen molar-refractivity contribution in [2.75, 3.05) is 18.0 Å². The van der Waals surface area contributed by atoms with Crippen LogP contribution in [0, 0.1) is 11.8 Å². The number of anilines is 1. The van der Waals surface area contributed by atoms with Crippen molar-refractivity contribution in [2.24, 2.45) is 11.8 Å². The highest BCUT2D eigenvalue weighted by Gasteiger charge is 2.34. The molecule has 1 aromatic heterocycles. The van der Waals surface area contributed by atoms with Crippen molar-refractivity contribution in [1.29, 1.82) is 0 Å². The molecule has 9 heteroatoms. The van der Waals surface area contributed by atoms with Crippen LogP contribution in [0.2, 0.25) is 0 Å². The van der Waals surface area contributed by atoms with Crippen molar-refractivity contribution in [3.8, 4) is 0 Å². The third kappa shape index (κ3) is 6.97. The van der Waals surface area contributed by atoms with E-state index >= 15 is 0 Å². The number of rotatable bonds is 4. The van der Waals surface area contributed by atoms with Crippen LogP contribution in [0.5, 0.6) is 0 Å². The number of piperidine rings is 1. The highest BCUT2D eigenvalue weighted by atomic mass is 19.4. The number of aromatic nitrogens is 2. The number of carbonyl (C=O) groups is 1. The average molecular weight is 443 g/mol. The molecule has 1 saturated heterocycles. The SMILES string of the molecule is CC(C)(C)OC(=O)N[C@@H]1CCCC[C@H]1CC1CCCN(c2cnc(C(F)(F)F)cn2)C1. The van der Waals surface area contributed by atoms with Crippen molar-refractivity contribution >= 4 is 11.9 Å². The fraction of sp³-hybridized carbons (Fsp3) is 0.773. The molecule has 174 valence electrons. The highest BCUT2D eigenvalue weighted by molar-refractivity contribution is 5.68. The van der Waals surface area contributed by atoms with Crippen molar-refractivity contribution in [3.63, 3.8) is 0 Å². The summed E-state index contributed by atoms with van der Waals surface area (Å²) in [5, 5.41) is 3.07. The molecule has 1 aliphatic heterocycles. The van der Waals surface area contributed by atoms with E-state index in [0.29, 0.717) is 17.7 Å². The van der Waals surface area contributed by atoms with E-state index < -0.39 is 17.5 Å². The van der Waals surface area contributed by atoms with E-state index in [1.165, 1.54) is 6.20 Å². The van der Waals surface area contributed by atoms with E-state index in [0.717, 1.165) is 64.2 Å². The van der Waals surface area contributed by atoms with Gasteiger partial charge in [-0.05, 0) is 64.7 Å². The first-order chi connectivity index (χ1) is 14.5. The standard InChI is InChI=1S/C22H33F3N4O2/c1-21(2,3)31-20(30)28-17-9-5-4-8-16(17)11-15-7-6-10-29(14-15)19-13-26-18(12-27-19)22(23,24)25/h12-13,15-17H,4-11,14H2,1-3H3,(H,28,30)/t15?,16-,17+/m0/s1. The van der Waals surface area contributed by atoms with Crippen LogP contribution in [-0.4, -0.2) is 40.8 Å². The Labute approximate surface area is 182 Å². The summed E-state index contributed by atoms with van der Waals surface area (Å²) < 4.78 is 43.7. The zero-order valence-electron chi connectivity index (χ0n) is 18.5. The Balaban J connectivity index is 1.58. The smallest absolute Gasteiger partial charge is 0.434 e. The molecule has 1 aromatic rings. The predicted octanol–water partition coefficient (Wildman–Crippen LogP) is 5.19. The molecule has 3 atom stereocenters. The fourth-order valence-corrected chi connectivity index (χ4v) is 4.66. The summed E-state index contributed by atoms with van der Waals surface area (Å²) in [7, 11) is 0. The lowest BCUT2D eigenvalue weighted by atomic mass is 9.77. The van der Waals surface area contributed by atoms with Crippen LogP contribution < -0.4 is 10.2 Å². The van der Waals surface area contributed by atoms with Gasteiger partial charge in [0.2, 0.25) is 0 Å². The van der Waals surface area contributed by atoms with Crippen LogP contribution in [0.3, 0.4) is 0 Å². The maximum absolute atomic E-state index is 12.7. The lowest BCUT2D eigenvalue weighted by Crippen LogP contribution is -2.46.